The van der Waals surface area contributed by atoms with Crippen molar-refractivity contribution in [3.05, 3.63) is 90.3 Å². The lowest BCUT2D eigenvalue weighted by Crippen LogP contribution is -2.44. The highest BCUT2D eigenvalue weighted by atomic mass is 16.5. The molecule has 4 heteroatoms. The molecule has 1 heterocycles. The Hall–Kier alpha value is -3.14. The van der Waals surface area contributed by atoms with Gasteiger partial charge in [0.2, 0.25) is 6.04 Å². The Kier molecular flexibility index (Phi) is 5.64. The zero-order chi connectivity index (χ0) is 18.4. The predicted octanol–water partition coefficient (Wildman–Crippen LogP) is 3.77. The summed E-state index contributed by atoms with van der Waals surface area (Å²) in [5.74, 6) is 0.562. The number of ether oxygens (including phenoxy) is 1. The smallest absolute Gasteiger partial charge is 0.293 e. The van der Waals surface area contributed by atoms with Gasteiger partial charge in [-0.15, -0.1) is 0 Å². The van der Waals surface area contributed by atoms with E-state index in [1.807, 2.05) is 66.3 Å². The molecule has 0 unspecified atom stereocenters. The number of amides is 1. The molecule has 0 radical (unpaired) electrons. The summed E-state index contributed by atoms with van der Waals surface area (Å²) in [5, 5.41) is 2.93. The van der Waals surface area contributed by atoms with E-state index >= 15 is 0 Å². The molecule has 4 nitrogen and oxygen atoms in total. The molecule has 0 spiro atoms. The van der Waals surface area contributed by atoms with Crippen LogP contribution in [0.15, 0.2) is 79.1 Å². The number of para-hydroxylation sites is 2. The van der Waals surface area contributed by atoms with E-state index in [1.165, 1.54) is 11.1 Å². The molecule has 0 bridgehead atoms. The normalized spacial score (nSPS) is 11.6. The van der Waals surface area contributed by atoms with E-state index in [9.17, 15) is 4.79 Å². The summed E-state index contributed by atoms with van der Waals surface area (Å²) in [7, 11) is 1.59. The first kappa shape index (κ1) is 17.7. The molecule has 0 aliphatic carbocycles. The van der Waals surface area contributed by atoms with Crippen molar-refractivity contribution < 1.29 is 14.1 Å². The first-order valence-electron chi connectivity index (χ1n) is 8.65. The van der Waals surface area contributed by atoms with Gasteiger partial charge in [0.05, 0.1) is 12.8 Å². The van der Waals surface area contributed by atoms with Crippen molar-refractivity contribution in [1.82, 2.24) is 0 Å². The van der Waals surface area contributed by atoms with Crippen LogP contribution in [0.4, 0.5) is 5.69 Å². The first-order chi connectivity index (χ1) is 12.7. The Morgan fingerprint density at radius 3 is 2.27 bits per heavy atom. The molecule has 2 aromatic carbocycles. The van der Waals surface area contributed by atoms with Crippen LogP contribution in [0.2, 0.25) is 0 Å². The van der Waals surface area contributed by atoms with Gasteiger partial charge in [0.1, 0.15) is 5.75 Å². The molecule has 3 aromatic rings. The Labute approximate surface area is 154 Å². The lowest BCUT2D eigenvalue weighted by atomic mass is 10.1. The fourth-order valence-corrected chi connectivity index (χ4v) is 2.80. The highest BCUT2D eigenvalue weighted by Gasteiger charge is 2.22. The number of carbonyl (C=O) groups excluding carboxylic acids is 1. The molecule has 0 aliphatic heterocycles. The number of aromatic nitrogens is 1. The standard InChI is InChI=1S/C22H22N2O2/c1-17(22(25)23-20-10-6-7-11-21(20)26-2)24-14-12-19(13-15-24)16-18-8-4-3-5-9-18/h3-15,17H,16H2,1-2H3/p+1/t17-/m1/s1. The van der Waals surface area contributed by atoms with Crippen molar-refractivity contribution in [2.24, 2.45) is 0 Å². The van der Waals surface area contributed by atoms with Crippen molar-refractivity contribution in [3.8, 4) is 5.75 Å². The van der Waals surface area contributed by atoms with Gasteiger partial charge < -0.3 is 10.1 Å². The van der Waals surface area contributed by atoms with E-state index in [-0.39, 0.29) is 11.9 Å². The monoisotopic (exact) mass is 347 g/mol. The predicted molar refractivity (Wildman–Crippen MR) is 102 cm³/mol. The summed E-state index contributed by atoms with van der Waals surface area (Å²) < 4.78 is 7.18. The minimum Gasteiger partial charge on any atom is -0.495 e. The van der Waals surface area contributed by atoms with E-state index in [1.54, 1.807) is 7.11 Å². The van der Waals surface area contributed by atoms with Gasteiger partial charge in [0.15, 0.2) is 12.4 Å². The van der Waals surface area contributed by atoms with Crippen LogP contribution in [-0.4, -0.2) is 13.0 Å². The van der Waals surface area contributed by atoms with Crippen LogP contribution in [0, 0.1) is 0 Å². The number of methoxy groups -OCH3 is 1. The minimum absolute atomic E-state index is 0.0877. The van der Waals surface area contributed by atoms with Crippen molar-refractivity contribution in [1.29, 1.82) is 0 Å². The van der Waals surface area contributed by atoms with Crippen LogP contribution in [0.1, 0.15) is 24.1 Å². The number of rotatable bonds is 6. The second kappa shape index (κ2) is 8.30. The number of carbonyl (C=O) groups is 1. The van der Waals surface area contributed by atoms with Gasteiger partial charge in [-0.25, -0.2) is 0 Å². The van der Waals surface area contributed by atoms with Crippen LogP contribution in [0.3, 0.4) is 0 Å². The highest BCUT2D eigenvalue weighted by Crippen LogP contribution is 2.23. The molecule has 1 N–H and O–H groups in total. The zero-order valence-electron chi connectivity index (χ0n) is 15.1. The average Bonchev–Trinajstić information content (AvgIpc) is 2.69. The third kappa shape index (κ3) is 4.28. The van der Waals surface area contributed by atoms with Crippen molar-refractivity contribution in [3.63, 3.8) is 0 Å². The van der Waals surface area contributed by atoms with E-state index < -0.39 is 0 Å². The number of nitrogens with one attached hydrogen (secondary N) is 1. The SMILES string of the molecule is COc1ccccc1NC(=O)[C@@H](C)[n+]1ccc(Cc2ccccc2)cc1. The van der Waals surface area contributed by atoms with Crippen molar-refractivity contribution in [2.75, 3.05) is 12.4 Å². The van der Waals surface area contributed by atoms with E-state index in [2.05, 4.69) is 29.6 Å². The van der Waals surface area contributed by atoms with Crippen molar-refractivity contribution in [2.45, 2.75) is 19.4 Å². The maximum absolute atomic E-state index is 12.6. The lowest BCUT2D eigenvalue weighted by molar-refractivity contribution is -0.705. The molecule has 1 atom stereocenters. The maximum Gasteiger partial charge on any atom is 0.293 e. The summed E-state index contributed by atoms with van der Waals surface area (Å²) in [6, 6.07) is 21.5. The topological polar surface area (TPSA) is 42.2 Å². The van der Waals surface area contributed by atoms with Crippen LogP contribution in [-0.2, 0) is 11.2 Å². The van der Waals surface area contributed by atoms with Gasteiger partial charge in [-0.1, -0.05) is 42.5 Å². The fourth-order valence-electron chi connectivity index (χ4n) is 2.80. The summed E-state index contributed by atoms with van der Waals surface area (Å²) in [5.41, 5.74) is 3.16. The average molecular weight is 347 g/mol. The number of hydrogen-bond acceptors (Lipinski definition) is 2. The third-order valence-corrected chi connectivity index (χ3v) is 4.36. The molecule has 3 rings (SSSR count). The molecule has 0 fully saturated rings. The second-order valence-corrected chi connectivity index (χ2v) is 6.18. The second-order valence-electron chi connectivity index (χ2n) is 6.18. The molecule has 0 aliphatic rings. The van der Waals surface area contributed by atoms with Gasteiger partial charge in [-0.05, 0) is 29.7 Å². The molecular formula is C22H23N2O2+. The van der Waals surface area contributed by atoms with Crippen LogP contribution in [0.25, 0.3) is 0 Å². The summed E-state index contributed by atoms with van der Waals surface area (Å²) in [6.07, 6.45) is 4.78. The van der Waals surface area contributed by atoms with E-state index in [0.29, 0.717) is 11.4 Å². The molecule has 1 aromatic heterocycles. The maximum atomic E-state index is 12.6. The molecule has 26 heavy (non-hydrogen) atoms. The molecule has 1 amide bonds. The van der Waals surface area contributed by atoms with Gasteiger partial charge in [-0.2, -0.15) is 4.57 Å². The van der Waals surface area contributed by atoms with Crippen molar-refractivity contribution >= 4 is 11.6 Å². The molecule has 132 valence electrons. The van der Waals surface area contributed by atoms with E-state index in [4.69, 9.17) is 4.74 Å². The summed E-state index contributed by atoms with van der Waals surface area (Å²) in [4.78, 5) is 12.6. The highest BCUT2D eigenvalue weighted by molar-refractivity contribution is 5.93. The molecule has 0 saturated carbocycles. The van der Waals surface area contributed by atoms with E-state index in [0.717, 1.165) is 6.42 Å². The zero-order valence-corrected chi connectivity index (χ0v) is 15.1. The largest absolute Gasteiger partial charge is 0.495 e. The minimum atomic E-state index is -0.328. The summed E-state index contributed by atoms with van der Waals surface area (Å²) in [6.45, 7) is 1.88. The number of nitrogens with zero attached hydrogens (tertiary/aromatic N) is 1. The van der Waals surface area contributed by atoms with Gasteiger partial charge in [-0.3, -0.25) is 4.79 Å². The van der Waals surface area contributed by atoms with Crippen LogP contribution < -0.4 is 14.6 Å². The molecular weight excluding hydrogens is 324 g/mol. The Balaban J connectivity index is 1.67. The van der Waals surface area contributed by atoms with Gasteiger partial charge >= 0.3 is 0 Å². The van der Waals surface area contributed by atoms with Gasteiger partial charge in [0, 0.05) is 19.1 Å². The fraction of sp³-hybridized carbons (Fsp3) is 0.182. The van der Waals surface area contributed by atoms with Crippen LogP contribution >= 0.6 is 0 Å². The Morgan fingerprint density at radius 2 is 1.58 bits per heavy atom. The first-order valence-corrected chi connectivity index (χ1v) is 8.65. The number of hydrogen-bond donors (Lipinski definition) is 1. The quantitative estimate of drug-likeness (QED) is 0.690. The number of benzene rings is 2. The summed E-state index contributed by atoms with van der Waals surface area (Å²) >= 11 is 0. The number of anilines is 1. The Bertz CT molecular complexity index is 861. The lowest BCUT2D eigenvalue weighted by Gasteiger charge is -2.12. The number of pyridine rings is 1. The Morgan fingerprint density at radius 1 is 0.962 bits per heavy atom. The third-order valence-electron chi connectivity index (χ3n) is 4.36. The molecule has 0 saturated heterocycles. The van der Waals surface area contributed by atoms with Gasteiger partial charge in [0.25, 0.3) is 5.91 Å². The van der Waals surface area contributed by atoms with Crippen LogP contribution in [0.5, 0.6) is 5.75 Å².